The van der Waals surface area contributed by atoms with Crippen LogP contribution in [-0.2, 0) is 47.8 Å². The summed E-state index contributed by atoms with van der Waals surface area (Å²) in [6.07, 6.45) is 3.75. The number of ketones is 6. The molecule has 12 heteroatoms. The van der Waals surface area contributed by atoms with E-state index >= 15 is 0 Å². The maximum atomic E-state index is 12.6. The quantitative estimate of drug-likeness (QED) is 0.0902. The maximum absolute atomic E-state index is 12.6. The summed E-state index contributed by atoms with van der Waals surface area (Å²) in [5.41, 5.74) is 0. The van der Waals surface area contributed by atoms with Gasteiger partial charge in [0.1, 0.15) is 34.7 Å². The minimum Gasteiger partial charge on any atom is -0.381 e. The maximum Gasteiger partial charge on any atom is 0.234 e. The molecule has 0 aromatic heterocycles. The summed E-state index contributed by atoms with van der Waals surface area (Å²) in [6.45, 7) is 7.30. The van der Waals surface area contributed by atoms with Crippen molar-refractivity contribution >= 4 is 40.6 Å². The molecule has 0 aliphatic carbocycles. The lowest BCUT2D eigenvalue weighted by Gasteiger charge is -2.20. The number of Topliss-reactive ketones (excluding diaryl/α,β-unsaturated/α-hetero) is 6. The highest BCUT2D eigenvalue weighted by molar-refractivity contribution is 5.98. The second kappa shape index (κ2) is 26.9. The number of hydrogen-bond donors (Lipinski definition) is 1. The number of hydrogen-bond acceptors (Lipinski definition) is 11. The minimum atomic E-state index is -0.300. The predicted octanol–water partition coefficient (Wildman–Crippen LogP) is 2.22. The largest absolute Gasteiger partial charge is 0.381 e. The average Bonchev–Trinajstić information content (AvgIpc) is 2.91. The van der Waals surface area contributed by atoms with Crippen molar-refractivity contribution in [2.45, 2.75) is 91.4 Å². The van der Waals surface area contributed by atoms with Crippen LogP contribution in [0.1, 0.15) is 91.4 Å². The predicted molar refractivity (Wildman–Crippen MR) is 160 cm³/mol. The van der Waals surface area contributed by atoms with Crippen LogP contribution in [-0.4, -0.2) is 111 Å². The molecule has 0 bridgehead atoms. The van der Waals surface area contributed by atoms with E-state index in [1.165, 1.54) is 18.7 Å². The van der Waals surface area contributed by atoms with Gasteiger partial charge in [-0.25, -0.2) is 0 Å². The Morgan fingerprint density at radius 3 is 1.33 bits per heavy atom. The minimum absolute atomic E-state index is 0.0458. The molecule has 0 radical (unpaired) electrons. The first-order valence-corrected chi connectivity index (χ1v) is 15.3. The van der Waals surface area contributed by atoms with Gasteiger partial charge in [-0.3, -0.25) is 38.5 Å². The Bertz CT molecular complexity index is 819. The highest BCUT2D eigenvalue weighted by Gasteiger charge is 2.18. The second-order valence-electron chi connectivity index (χ2n) is 10.7. The van der Waals surface area contributed by atoms with Gasteiger partial charge in [0, 0.05) is 65.3 Å². The van der Waals surface area contributed by atoms with Crippen molar-refractivity contribution in [3.8, 4) is 0 Å². The van der Waals surface area contributed by atoms with E-state index in [2.05, 4.69) is 5.32 Å². The van der Waals surface area contributed by atoms with Gasteiger partial charge < -0.3 is 19.5 Å². The fourth-order valence-corrected chi connectivity index (χ4v) is 4.01. The third-order valence-corrected chi connectivity index (χ3v) is 5.95. The molecule has 246 valence electrons. The molecule has 0 aromatic rings. The van der Waals surface area contributed by atoms with Crippen LogP contribution in [0.3, 0.4) is 0 Å². The van der Waals surface area contributed by atoms with Gasteiger partial charge in [0.05, 0.1) is 39.1 Å². The molecule has 43 heavy (non-hydrogen) atoms. The highest BCUT2D eigenvalue weighted by Crippen LogP contribution is 2.03. The third kappa shape index (κ3) is 27.9. The van der Waals surface area contributed by atoms with Gasteiger partial charge in [-0.15, -0.1) is 0 Å². The number of nitrogens with one attached hydrogen (secondary N) is 1. The Hall–Kier alpha value is -2.67. The van der Waals surface area contributed by atoms with Crippen LogP contribution in [0.5, 0.6) is 0 Å². The molecule has 0 saturated heterocycles. The van der Waals surface area contributed by atoms with Gasteiger partial charge in [0.2, 0.25) is 5.91 Å². The van der Waals surface area contributed by atoms with Crippen molar-refractivity contribution in [3.63, 3.8) is 0 Å². The highest BCUT2D eigenvalue weighted by atomic mass is 16.5. The van der Waals surface area contributed by atoms with Crippen molar-refractivity contribution < 1.29 is 47.8 Å². The zero-order chi connectivity index (χ0) is 32.3. The molecular weight excluding hydrogens is 560 g/mol. The SMILES string of the molecule is CCCOCCNC(=O)CN(CC(=O)CCCOCCCC(=O)CC(C)=O)CC(=O)CCCOCCCC(=O)CC(C)=O. The number of carbonyl (C=O) groups is 7. The molecule has 0 aliphatic rings. The molecular formula is C31H52N2O10. The first kappa shape index (κ1) is 40.3. The fourth-order valence-electron chi connectivity index (χ4n) is 4.01. The summed E-state index contributed by atoms with van der Waals surface area (Å²) in [5.74, 6) is -1.06. The molecule has 0 atom stereocenters. The van der Waals surface area contributed by atoms with Crippen molar-refractivity contribution in [1.82, 2.24) is 10.2 Å². The van der Waals surface area contributed by atoms with Gasteiger partial charge >= 0.3 is 0 Å². The summed E-state index contributed by atoms with van der Waals surface area (Å²) >= 11 is 0. The molecule has 0 saturated carbocycles. The molecule has 0 aromatic carbocycles. The fraction of sp³-hybridized carbons (Fsp3) is 0.774. The lowest BCUT2D eigenvalue weighted by Crippen LogP contribution is -2.43. The number of nitrogens with zero attached hydrogens (tertiary/aromatic N) is 1. The van der Waals surface area contributed by atoms with E-state index in [0.29, 0.717) is 71.9 Å². The molecule has 0 unspecified atom stereocenters. The monoisotopic (exact) mass is 612 g/mol. The average molecular weight is 613 g/mol. The zero-order valence-electron chi connectivity index (χ0n) is 26.4. The molecule has 0 rings (SSSR count). The topological polar surface area (TPSA) is 162 Å². The van der Waals surface area contributed by atoms with Gasteiger partial charge in [0.25, 0.3) is 0 Å². The number of carbonyl (C=O) groups excluding carboxylic acids is 7. The Morgan fingerprint density at radius 1 is 0.535 bits per heavy atom. The van der Waals surface area contributed by atoms with Gasteiger partial charge in [-0.05, 0) is 46.0 Å². The van der Waals surface area contributed by atoms with E-state index in [1.54, 1.807) is 0 Å². The normalized spacial score (nSPS) is 11.0. The van der Waals surface area contributed by atoms with Crippen LogP contribution in [0, 0.1) is 0 Å². The van der Waals surface area contributed by atoms with E-state index < -0.39 is 0 Å². The Labute approximate surface area is 255 Å². The smallest absolute Gasteiger partial charge is 0.234 e. The summed E-state index contributed by atoms with van der Waals surface area (Å²) < 4.78 is 16.3. The van der Waals surface area contributed by atoms with Gasteiger partial charge in [-0.1, -0.05) is 6.92 Å². The van der Waals surface area contributed by atoms with Crippen LogP contribution in [0.25, 0.3) is 0 Å². The summed E-state index contributed by atoms with van der Waals surface area (Å²) in [4.78, 5) is 84.1. The molecule has 1 amide bonds. The van der Waals surface area contributed by atoms with Crippen molar-refractivity contribution in [2.75, 3.05) is 65.8 Å². The van der Waals surface area contributed by atoms with E-state index in [-0.39, 0.29) is 98.8 Å². The van der Waals surface area contributed by atoms with Crippen LogP contribution in [0.4, 0.5) is 0 Å². The van der Waals surface area contributed by atoms with Crippen LogP contribution in [0.15, 0.2) is 0 Å². The zero-order valence-corrected chi connectivity index (χ0v) is 26.4. The van der Waals surface area contributed by atoms with E-state index in [0.717, 1.165) is 6.42 Å². The number of amides is 1. The summed E-state index contributed by atoms with van der Waals surface area (Å²) in [5, 5.41) is 2.75. The molecule has 1 N–H and O–H groups in total. The first-order valence-electron chi connectivity index (χ1n) is 15.3. The lowest BCUT2D eigenvalue weighted by atomic mass is 10.1. The Balaban J connectivity index is 4.45. The summed E-state index contributed by atoms with van der Waals surface area (Å²) in [7, 11) is 0. The Kier molecular flexibility index (Phi) is 25.2. The molecule has 0 spiro atoms. The van der Waals surface area contributed by atoms with Crippen LogP contribution >= 0.6 is 0 Å². The third-order valence-electron chi connectivity index (χ3n) is 5.95. The van der Waals surface area contributed by atoms with Crippen LogP contribution < -0.4 is 5.32 Å². The first-order chi connectivity index (χ1) is 20.5. The molecule has 0 aliphatic heterocycles. The Morgan fingerprint density at radius 2 is 0.930 bits per heavy atom. The van der Waals surface area contributed by atoms with E-state index in [4.69, 9.17) is 14.2 Å². The summed E-state index contributed by atoms with van der Waals surface area (Å²) in [6, 6.07) is 0. The van der Waals surface area contributed by atoms with Gasteiger partial charge in [0.15, 0.2) is 0 Å². The lowest BCUT2D eigenvalue weighted by molar-refractivity contribution is -0.128. The second-order valence-corrected chi connectivity index (χ2v) is 10.7. The number of ether oxygens (including phenoxy) is 3. The van der Waals surface area contributed by atoms with E-state index in [9.17, 15) is 33.6 Å². The van der Waals surface area contributed by atoms with E-state index in [1.807, 2.05) is 6.92 Å². The molecule has 0 fully saturated rings. The standard InChI is InChI=1S/C31H52N2O10/c1-4-14-41-19-13-32-31(40)24-33(22-29(38)11-7-17-42-15-5-9-27(36)20-25(2)34)23-30(39)12-8-18-43-16-6-10-28(37)21-26(3)35/h4-24H2,1-3H3,(H,32,40). The molecule has 0 heterocycles. The van der Waals surface area contributed by atoms with Crippen molar-refractivity contribution in [2.24, 2.45) is 0 Å². The molecule has 12 nitrogen and oxygen atoms in total. The van der Waals surface area contributed by atoms with Crippen molar-refractivity contribution in [1.29, 1.82) is 0 Å². The van der Waals surface area contributed by atoms with Crippen molar-refractivity contribution in [3.05, 3.63) is 0 Å². The number of rotatable bonds is 31. The van der Waals surface area contributed by atoms with Crippen LogP contribution in [0.2, 0.25) is 0 Å². The van der Waals surface area contributed by atoms with Gasteiger partial charge in [-0.2, -0.15) is 0 Å².